The molecule has 1 aliphatic heterocycles. The van der Waals surface area contributed by atoms with Crippen molar-refractivity contribution in [1.82, 2.24) is 4.90 Å². The molecule has 2 nitrogen and oxygen atoms in total. The predicted octanol–water partition coefficient (Wildman–Crippen LogP) is 7.82. The van der Waals surface area contributed by atoms with E-state index in [1.807, 2.05) is 30.3 Å². The van der Waals surface area contributed by atoms with Crippen LogP contribution in [0.2, 0.25) is 10.0 Å². The average molecular weight is 468 g/mol. The van der Waals surface area contributed by atoms with Crippen LogP contribution < -0.4 is 0 Å². The Labute approximate surface area is 201 Å². The number of piperidine rings is 1. The number of carbonyl (C=O) groups excluding carboxylic acids is 1. The molecule has 32 heavy (non-hydrogen) atoms. The van der Waals surface area contributed by atoms with Crippen molar-refractivity contribution < 1.29 is 4.79 Å². The number of nitrogens with zero attached hydrogens (tertiary/aromatic N) is 1. The number of allylic oxidation sites excluding steroid dienone is 1. The molecule has 3 atom stereocenters. The second-order valence-electron chi connectivity index (χ2n) is 10.3. The summed E-state index contributed by atoms with van der Waals surface area (Å²) in [4.78, 5) is 16.6. The average Bonchev–Trinajstić information content (AvgIpc) is 3.68. The molecule has 2 saturated carbocycles. The maximum atomic E-state index is 14.3. The first-order chi connectivity index (χ1) is 15.4. The molecule has 1 saturated heterocycles. The van der Waals surface area contributed by atoms with Gasteiger partial charge in [0.05, 0.1) is 11.5 Å². The van der Waals surface area contributed by atoms with E-state index in [2.05, 4.69) is 42.7 Å². The van der Waals surface area contributed by atoms with Gasteiger partial charge in [-0.1, -0.05) is 60.5 Å². The first-order valence-corrected chi connectivity index (χ1v) is 12.6. The van der Waals surface area contributed by atoms with Crippen molar-refractivity contribution in [3.8, 4) is 0 Å². The molecular weight excluding hydrogens is 437 g/mol. The van der Waals surface area contributed by atoms with Gasteiger partial charge in [-0.3, -0.25) is 4.79 Å². The quantitative estimate of drug-likeness (QED) is 0.379. The smallest absolute Gasteiger partial charge is 0.229 e. The zero-order chi connectivity index (χ0) is 22.5. The summed E-state index contributed by atoms with van der Waals surface area (Å²) in [6, 6.07) is 16.7. The second-order valence-corrected chi connectivity index (χ2v) is 11.2. The van der Waals surface area contributed by atoms with E-state index in [0.717, 1.165) is 16.5 Å². The Bertz CT molecular complexity index is 998. The number of benzene rings is 2. The monoisotopic (exact) mass is 467 g/mol. The molecule has 0 unspecified atom stereocenters. The summed E-state index contributed by atoms with van der Waals surface area (Å²) < 4.78 is 0. The minimum atomic E-state index is -0.459. The topological polar surface area (TPSA) is 20.3 Å². The van der Waals surface area contributed by atoms with Gasteiger partial charge in [0.15, 0.2) is 0 Å². The molecule has 0 N–H and O–H groups in total. The fourth-order valence-corrected chi connectivity index (χ4v) is 6.26. The highest BCUT2D eigenvalue weighted by Crippen LogP contribution is 2.57. The van der Waals surface area contributed by atoms with Crippen LogP contribution in [0.4, 0.5) is 0 Å². The van der Waals surface area contributed by atoms with E-state index in [1.165, 1.54) is 36.8 Å². The molecule has 2 aromatic carbocycles. The summed E-state index contributed by atoms with van der Waals surface area (Å²) in [6.45, 7) is 6.13. The van der Waals surface area contributed by atoms with Crippen LogP contribution in [0.3, 0.4) is 0 Å². The Kier molecular flexibility index (Phi) is 5.88. The van der Waals surface area contributed by atoms with Crippen LogP contribution in [0.15, 0.2) is 61.2 Å². The molecule has 5 rings (SSSR count). The number of hydrogen-bond donors (Lipinski definition) is 0. The fraction of sp³-hybridized carbons (Fsp3) is 0.464. The second kappa shape index (κ2) is 8.54. The highest BCUT2D eigenvalue weighted by molar-refractivity contribution is 6.30. The maximum absolute atomic E-state index is 14.3. The summed E-state index contributed by atoms with van der Waals surface area (Å²) in [5.74, 6) is 1.72. The lowest BCUT2D eigenvalue weighted by molar-refractivity contribution is -0.156. The van der Waals surface area contributed by atoms with Crippen LogP contribution in [0.1, 0.15) is 68.5 Å². The minimum absolute atomic E-state index is 0.0117. The first-order valence-electron chi connectivity index (χ1n) is 11.9. The van der Waals surface area contributed by atoms with E-state index < -0.39 is 5.41 Å². The van der Waals surface area contributed by atoms with E-state index in [9.17, 15) is 4.79 Å². The molecule has 1 heterocycles. The van der Waals surface area contributed by atoms with Gasteiger partial charge >= 0.3 is 0 Å². The van der Waals surface area contributed by atoms with Crippen LogP contribution in [-0.4, -0.2) is 16.8 Å². The molecule has 1 amide bonds. The van der Waals surface area contributed by atoms with Crippen molar-refractivity contribution in [2.75, 3.05) is 0 Å². The van der Waals surface area contributed by atoms with E-state index in [4.69, 9.17) is 23.2 Å². The van der Waals surface area contributed by atoms with E-state index in [1.54, 1.807) is 0 Å². The van der Waals surface area contributed by atoms with Crippen molar-refractivity contribution in [2.24, 2.45) is 17.3 Å². The predicted molar refractivity (Wildman–Crippen MR) is 132 cm³/mol. The lowest BCUT2D eigenvalue weighted by atomic mass is 9.66. The third kappa shape index (κ3) is 4.13. The lowest BCUT2D eigenvalue weighted by Gasteiger charge is -2.52. The number of halogens is 2. The molecule has 3 aliphatic rings. The van der Waals surface area contributed by atoms with Crippen LogP contribution in [0.5, 0.6) is 0 Å². The molecule has 2 aliphatic carbocycles. The SMILES string of the molecule is C=CC[C@]1(C)C[C@H](c2cccc(Cl)c2)[C@@H](c2ccc(Cl)cc2)N(C(C2CC2)C2CC2)C1=O. The highest BCUT2D eigenvalue weighted by Gasteiger charge is 2.56. The summed E-state index contributed by atoms with van der Waals surface area (Å²) in [7, 11) is 0. The van der Waals surface area contributed by atoms with Crippen LogP contribution >= 0.6 is 23.2 Å². The Balaban J connectivity index is 1.67. The molecule has 2 aromatic rings. The molecule has 0 bridgehead atoms. The Morgan fingerprint density at radius 1 is 1.03 bits per heavy atom. The molecule has 0 spiro atoms. The normalized spacial score (nSPS) is 28.2. The maximum Gasteiger partial charge on any atom is 0.229 e. The largest absolute Gasteiger partial charge is 0.331 e. The molecule has 0 radical (unpaired) electrons. The first kappa shape index (κ1) is 22.0. The zero-order valence-electron chi connectivity index (χ0n) is 18.6. The van der Waals surface area contributed by atoms with Gasteiger partial charge in [0.2, 0.25) is 5.91 Å². The summed E-state index contributed by atoms with van der Waals surface area (Å²) >= 11 is 12.7. The van der Waals surface area contributed by atoms with E-state index in [0.29, 0.717) is 30.2 Å². The number of rotatable bonds is 7. The highest BCUT2D eigenvalue weighted by atomic mass is 35.5. The van der Waals surface area contributed by atoms with Gasteiger partial charge in [-0.05, 0) is 85.8 Å². The molecule has 168 valence electrons. The molecular formula is C28H31Cl2NO. The third-order valence-electron chi connectivity index (χ3n) is 7.72. The molecule has 4 heteroatoms. The lowest BCUT2D eigenvalue weighted by Crippen LogP contribution is -2.56. The van der Waals surface area contributed by atoms with Crippen molar-refractivity contribution in [3.05, 3.63) is 82.4 Å². The molecule has 0 aromatic heterocycles. The number of hydrogen-bond acceptors (Lipinski definition) is 1. The van der Waals surface area contributed by atoms with Crippen molar-refractivity contribution in [3.63, 3.8) is 0 Å². The van der Waals surface area contributed by atoms with Crippen molar-refractivity contribution in [1.29, 1.82) is 0 Å². The number of likely N-dealkylation sites (tertiary alicyclic amines) is 1. The third-order valence-corrected chi connectivity index (χ3v) is 8.20. The Morgan fingerprint density at radius 3 is 2.25 bits per heavy atom. The summed E-state index contributed by atoms with van der Waals surface area (Å²) in [6.07, 6.45) is 8.32. The standard InChI is InChI=1S/C28H31Cl2NO/c1-3-15-28(2)17-24(21-5-4-6-23(30)16-21)26(20-11-13-22(29)14-12-20)31(27(28)32)25(18-7-8-18)19-9-10-19/h3-6,11-14,16,18-19,24-26H,1,7-10,15,17H2,2H3/t24-,26-,28-/m1/s1. The van der Waals surface area contributed by atoms with Crippen LogP contribution in [0, 0.1) is 17.3 Å². The summed E-state index contributed by atoms with van der Waals surface area (Å²) in [5.41, 5.74) is 1.91. The van der Waals surface area contributed by atoms with E-state index >= 15 is 0 Å². The number of carbonyl (C=O) groups is 1. The van der Waals surface area contributed by atoms with Gasteiger partial charge in [-0.25, -0.2) is 0 Å². The van der Waals surface area contributed by atoms with Gasteiger partial charge < -0.3 is 4.90 Å². The fourth-order valence-electron chi connectivity index (χ4n) is 5.93. The van der Waals surface area contributed by atoms with Crippen LogP contribution in [-0.2, 0) is 4.79 Å². The van der Waals surface area contributed by atoms with Crippen molar-refractivity contribution in [2.45, 2.75) is 63.5 Å². The van der Waals surface area contributed by atoms with E-state index in [-0.39, 0.29) is 12.0 Å². The van der Waals surface area contributed by atoms with Crippen molar-refractivity contribution >= 4 is 29.1 Å². The Morgan fingerprint density at radius 2 is 1.69 bits per heavy atom. The summed E-state index contributed by atoms with van der Waals surface area (Å²) in [5, 5.41) is 1.46. The van der Waals surface area contributed by atoms with Gasteiger partial charge in [-0.2, -0.15) is 0 Å². The van der Waals surface area contributed by atoms with Gasteiger partial charge in [0.1, 0.15) is 0 Å². The zero-order valence-corrected chi connectivity index (χ0v) is 20.2. The minimum Gasteiger partial charge on any atom is -0.331 e. The Hall–Kier alpha value is -1.77. The van der Waals surface area contributed by atoms with Gasteiger partial charge in [-0.15, -0.1) is 6.58 Å². The van der Waals surface area contributed by atoms with Gasteiger partial charge in [0, 0.05) is 22.0 Å². The number of amides is 1. The van der Waals surface area contributed by atoms with Gasteiger partial charge in [0.25, 0.3) is 0 Å². The molecule has 3 fully saturated rings. The van der Waals surface area contributed by atoms with Crippen LogP contribution in [0.25, 0.3) is 0 Å².